The summed E-state index contributed by atoms with van der Waals surface area (Å²) < 4.78 is 0. The molecule has 0 aromatic carbocycles. The predicted molar refractivity (Wildman–Crippen MR) is 60.0 cm³/mol. The SMILES string of the molecule is CC(C)(C)C1CC2C3CCC(C3)C2C1. The molecular formula is C14H24. The summed E-state index contributed by atoms with van der Waals surface area (Å²) in [6.45, 7) is 7.34. The van der Waals surface area contributed by atoms with Crippen LogP contribution in [-0.4, -0.2) is 0 Å². The Balaban J connectivity index is 1.77. The molecule has 3 saturated carbocycles. The fourth-order valence-corrected chi connectivity index (χ4v) is 4.72. The Morgan fingerprint density at radius 3 is 1.71 bits per heavy atom. The van der Waals surface area contributed by atoms with Crippen LogP contribution in [0.3, 0.4) is 0 Å². The minimum atomic E-state index is 0.573. The van der Waals surface area contributed by atoms with Crippen LogP contribution in [0.1, 0.15) is 52.9 Å². The van der Waals surface area contributed by atoms with E-state index in [9.17, 15) is 0 Å². The highest BCUT2D eigenvalue weighted by Gasteiger charge is 2.53. The molecule has 0 aromatic heterocycles. The van der Waals surface area contributed by atoms with Gasteiger partial charge in [0.2, 0.25) is 0 Å². The van der Waals surface area contributed by atoms with E-state index >= 15 is 0 Å². The van der Waals surface area contributed by atoms with Crippen molar-refractivity contribution in [1.82, 2.24) is 0 Å². The highest BCUT2D eigenvalue weighted by Crippen LogP contribution is 2.62. The average molecular weight is 192 g/mol. The molecule has 0 aliphatic heterocycles. The van der Waals surface area contributed by atoms with Crippen LogP contribution in [0.15, 0.2) is 0 Å². The van der Waals surface area contributed by atoms with Crippen molar-refractivity contribution in [2.24, 2.45) is 35.0 Å². The lowest BCUT2D eigenvalue weighted by Crippen LogP contribution is -2.18. The summed E-state index contributed by atoms with van der Waals surface area (Å²) >= 11 is 0. The highest BCUT2D eigenvalue weighted by molar-refractivity contribution is 5.02. The maximum atomic E-state index is 2.45. The van der Waals surface area contributed by atoms with E-state index in [1.165, 1.54) is 0 Å². The Kier molecular flexibility index (Phi) is 1.83. The molecule has 4 atom stereocenters. The van der Waals surface area contributed by atoms with Crippen LogP contribution in [0, 0.1) is 35.0 Å². The Morgan fingerprint density at radius 1 is 0.786 bits per heavy atom. The molecule has 0 aromatic rings. The van der Waals surface area contributed by atoms with Gasteiger partial charge in [-0.05, 0) is 67.1 Å². The van der Waals surface area contributed by atoms with Crippen LogP contribution >= 0.6 is 0 Å². The summed E-state index contributed by atoms with van der Waals surface area (Å²) in [7, 11) is 0. The van der Waals surface area contributed by atoms with E-state index < -0.39 is 0 Å². The number of hydrogen-bond donors (Lipinski definition) is 0. The Hall–Kier alpha value is 0. The van der Waals surface area contributed by atoms with Gasteiger partial charge >= 0.3 is 0 Å². The van der Waals surface area contributed by atoms with Crippen molar-refractivity contribution in [2.75, 3.05) is 0 Å². The molecular weight excluding hydrogens is 168 g/mol. The first kappa shape index (κ1) is 9.24. The predicted octanol–water partition coefficient (Wildman–Crippen LogP) is 4.10. The van der Waals surface area contributed by atoms with Gasteiger partial charge in [0.1, 0.15) is 0 Å². The largest absolute Gasteiger partial charge is 0.0599 e. The summed E-state index contributed by atoms with van der Waals surface area (Å²) in [6, 6.07) is 0. The van der Waals surface area contributed by atoms with Crippen molar-refractivity contribution in [2.45, 2.75) is 52.9 Å². The van der Waals surface area contributed by atoms with Gasteiger partial charge in [-0.2, -0.15) is 0 Å². The number of hydrogen-bond acceptors (Lipinski definition) is 0. The Bertz CT molecular complexity index is 217. The molecule has 14 heavy (non-hydrogen) atoms. The minimum absolute atomic E-state index is 0.573. The summed E-state index contributed by atoms with van der Waals surface area (Å²) in [6.07, 6.45) is 7.88. The summed E-state index contributed by atoms with van der Waals surface area (Å²) in [5, 5.41) is 0. The second-order valence-electron chi connectivity index (χ2n) is 7.20. The Labute approximate surface area is 88.5 Å². The summed E-state index contributed by atoms with van der Waals surface area (Å²) in [4.78, 5) is 0. The number of rotatable bonds is 0. The molecule has 0 heteroatoms. The zero-order valence-corrected chi connectivity index (χ0v) is 9.92. The standard InChI is InChI=1S/C14H24/c1-14(2,3)11-7-12-9-4-5-10(6-9)13(12)8-11/h9-13H,4-8H2,1-3H3. The van der Waals surface area contributed by atoms with E-state index in [1.807, 2.05) is 0 Å². The van der Waals surface area contributed by atoms with Crippen molar-refractivity contribution < 1.29 is 0 Å². The van der Waals surface area contributed by atoms with E-state index in [2.05, 4.69) is 20.8 Å². The fourth-order valence-electron chi connectivity index (χ4n) is 4.72. The van der Waals surface area contributed by atoms with Crippen molar-refractivity contribution >= 4 is 0 Å². The highest BCUT2D eigenvalue weighted by atomic mass is 14.6. The normalized spacial score (nSPS) is 51.2. The second-order valence-corrected chi connectivity index (χ2v) is 7.20. The van der Waals surface area contributed by atoms with Crippen molar-refractivity contribution in [1.29, 1.82) is 0 Å². The third-order valence-corrected chi connectivity index (χ3v) is 5.61. The van der Waals surface area contributed by atoms with Crippen LogP contribution in [0.4, 0.5) is 0 Å². The van der Waals surface area contributed by atoms with Crippen LogP contribution < -0.4 is 0 Å². The molecule has 3 fully saturated rings. The van der Waals surface area contributed by atoms with Gasteiger partial charge in [-0.1, -0.05) is 20.8 Å². The molecule has 2 bridgehead atoms. The van der Waals surface area contributed by atoms with Crippen molar-refractivity contribution in [3.63, 3.8) is 0 Å². The quantitative estimate of drug-likeness (QED) is 0.542. The molecule has 0 nitrogen and oxygen atoms in total. The fraction of sp³-hybridized carbons (Fsp3) is 1.00. The van der Waals surface area contributed by atoms with Crippen LogP contribution in [0.2, 0.25) is 0 Å². The molecule has 0 spiro atoms. The van der Waals surface area contributed by atoms with Crippen LogP contribution in [-0.2, 0) is 0 Å². The van der Waals surface area contributed by atoms with E-state index in [0.717, 1.165) is 29.6 Å². The zero-order valence-electron chi connectivity index (χ0n) is 9.92. The van der Waals surface area contributed by atoms with Gasteiger partial charge in [-0.3, -0.25) is 0 Å². The van der Waals surface area contributed by atoms with Crippen LogP contribution in [0.5, 0.6) is 0 Å². The van der Waals surface area contributed by atoms with Gasteiger partial charge in [0, 0.05) is 0 Å². The van der Waals surface area contributed by atoms with Gasteiger partial charge in [-0.15, -0.1) is 0 Å². The molecule has 3 aliphatic rings. The molecule has 4 unspecified atom stereocenters. The maximum Gasteiger partial charge on any atom is -0.0352 e. The summed E-state index contributed by atoms with van der Waals surface area (Å²) in [5.41, 5.74) is 0.573. The van der Waals surface area contributed by atoms with Gasteiger partial charge in [-0.25, -0.2) is 0 Å². The molecule has 0 saturated heterocycles. The van der Waals surface area contributed by atoms with Crippen LogP contribution in [0.25, 0.3) is 0 Å². The average Bonchev–Trinajstić information content (AvgIpc) is 2.74. The topological polar surface area (TPSA) is 0 Å². The number of fused-ring (bicyclic) bond motifs is 5. The van der Waals surface area contributed by atoms with Gasteiger partial charge in [0.15, 0.2) is 0 Å². The lowest BCUT2D eigenvalue weighted by atomic mass is 9.78. The lowest BCUT2D eigenvalue weighted by Gasteiger charge is -2.28. The molecule has 0 amide bonds. The summed E-state index contributed by atoms with van der Waals surface area (Å²) in [5.74, 6) is 5.63. The molecule has 0 radical (unpaired) electrons. The monoisotopic (exact) mass is 192 g/mol. The van der Waals surface area contributed by atoms with E-state index in [-0.39, 0.29) is 0 Å². The second kappa shape index (κ2) is 2.77. The van der Waals surface area contributed by atoms with Crippen molar-refractivity contribution in [3.8, 4) is 0 Å². The molecule has 3 aliphatic carbocycles. The molecule has 3 rings (SSSR count). The molecule has 0 N–H and O–H groups in total. The first-order valence-electron chi connectivity index (χ1n) is 6.55. The van der Waals surface area contributed by atoms with Gasteiger partial charge < -0.3 is 0 Å². The third kappa shape index (κ3) is 1.19. The lowest BCUT2D eigenvalue weighted by molar-refractivity contribution is 0.224. The molecule has 80 valence electrons. The van der Waals surface area contributed by atoms with Crippen molar-refractivity contribution in [3.05, 3.63) is 0 Å². The van der Waals surface area contributed by atoms with Gasteiger partial charge in [0.05, 0.1) is 0 Å². The molecule has 0 heterocycles. The van der Waals surface area contributed by atoms with E-state index in [1.54, 1.807) is 32.1 Å². The smallest absolute Gasteiger partial charge is 0.0352 e. The first-order valence-corrected chi connectivity index (χ1v) is 6.55. The third-order valence-electron chi connectivity index (χ3n) is 5.61. The maximum absolute atomic E-state index is 2.45. The first-order chi connectivity index (χ1) is 6.55. The zero-order chi connectivity index (χ0) is 9.92. The Morgan fingerprint density at radius 2 is 1.29 bits per heavy atom. The van der Waals surface area contributed by atoms with E-state index in [0.29, 0.717) is 5.41 Å². The van der Waals surface area contributed by atoms with E-state index in [4.69, 9.17) is 0 Å². The minimum Gasteiger partial charge on any atom is -0.0599 e. The van der Waals surface area contributed by atoms with Gasteiger partial charge in [0.25, 0.3) is 0 Å².